The maximum absolute atomic E-state index is 5.76. The van der Waals surface area contributed by atoms with Crippen LogP contribution in [0, 0.1) is 0 Å². The molecule has 0 saturated carbocycles. The van der Waals surface area contributed by atoms with Gasteiger partial charge in [-0.15, -0.1) is 0 Å². The van der Waals surface area contributed by atoms with Gasteiger partial charge in [-0.1, -0.05) is 19.9 Å². The second-order valence-corrected chi connectivity index (χ2v) is 7.04. The quantitative estimate of drug-likeness (QED) is 0.279. The largest absolute Gasteiger partial charge is 0.494 e. The SMILES string of the molecule is CCCOC(OCCC)[SiH2]CCCOc1ccc(N)cc1. The summed E-state index contributed by atoms with van der Waals surface area (Å²) in [5.41, 5.74) is 6.40. The molecule has 0 heterocycles. The summed E-state index contributed by atoms with van der Waals surface area (Å²) in [6, 6.07) is 8.70. The number of nitrogen functional groups attached to an aromatic ring is 1. The van der Waals surface area contributed by atoms with Crippen molar-refractivity contribution in [3.63, 3.8) is 0 Å². The van der Waals surface area contributed by atoms with E-state index >= 15 is 0 Å². The molecule has 2 N–H and O–H groups in total. The molecule has 0 spiro atoms. The number of hydrogen-bond donors (Lipinski definition) is 1. The van der Waals surface area contributed by atoms with Crippen molar-refractivity contribution in [3.05, 3.63) is 24.3 Å². The first-order chi connectivity index (χ1) is 10.3. The van der Waals surface area contributed by atoms with Crippen molar-refractivity contribution >= 4 is 15.2 Å². The Hall–Kier alpha value is -1.04. The molecule has 0 bridgehead atoms. The monoisotopic (exact) mass is 311 g/mol. The van der Waals surface area contributed by atoms with Gasteiger partial charge in [0.05, 0.1) is 16.1 Å². The Balaban J connectivity index is 2.13. The van der Waals surface area contributed by atoms with Gasteiger partial charge in [-0.05, 0) is 43.5 Å². The van der Waals surface area contributed by atoms with E-state index in [1.165, 1.54) is 6.04 Å². The third-order valence-corrected chi connectivity index (χ3v) is 4.85. The molecule has 0 aliphatic carbocycles. The van der Waals surface area contributed by atoms with Crippen LogP contribution in [0.5, 0.6) is 5.75 Å². The van der Waals surface area contributed by atoms with Crippen LogP contribution in [-0.4, -0.2) is 35.3 Å². The van der Waals surface area contributed by atoms with Crippen LogP contribution in [-0.2, 0) is 9.47 Å². The zero-order valence-corrected chi connectivity index (χ0v) is 14.8. The molecule has 0 fully saturated rings. The molecule has 0 unspecified atom stereocenters. The lowest BCUT2D eigenvalue weighted by Gasteiger charge is -2.17. The first kappa shape index (κ1) is 18.0. The van der Waals surface area contributed by atoms with Crippen LogP contribution >= 0.6 is 0 Å². The van der Waals surface area contributed by atoms with Crippen LogP contribution in [0.15, 0.2) is 24.3 Å². The Labute approximate surface area is 130 Å². The average molecular weight is 311 g/mol. The molecule has 0 radical (unpaired) electrons. The summed E-state index contributed by atoms with van der Waals surface area (Å²) in [7, 11) is -0.366. The second kappa shape index (κ2) is 11.6. The average Bonchev–Trinajstić information content (AvgIpc) is 2.50. The van der Waals surface area contributed by atoms with E-state index in [4.69, 9.17) is 19.9 Å². The highest BCUT2D eigenvalue weighted by Crippen LogP contribution is 2.13. The van der Waals surface area contributed by atoms with Crippen molar-refractivity contribution in [2.24, 2.45) is 0 Å². The molecule has 1 rings (SSSR count). The Morgan fingerprint density at radius 1 is 1.00 bits per heavy atom. The van der Waals surface area contributed by atoms with E-state index in [1.54, 1.807) is 0 Å². The lowest BCUT2D eigenvalue weighted by molar-refractivity contribution is -0.0905. The maximum atomic E-state index is 5.76. The summed E-state index contributed by atoms with van der Waals surface area (Å²) in [5, 5.41) is 0. The van der Waals surface area contributed by atoms with Gasteiger partial charge >= 0.3 is 0 Å². The smallest absolute Gasteiger partial charge is 0.134 e. The van der Waals surface area contributed by atoms with Crippen LogP contribution in [0.3, 0.4) is 0 Å². The van der Waals surface area contributed by atoms with Gasteiger partial charge in [0, 0.05) is 18.9 Å². The molecule has 0 saturated heterocycles. The number of rotatable bonds is 12. The second-order valence-electron chi connectivity index (χ2n) is 5.08. The minimum absolute atomic E-state index is 0.0708. The number of hydrogen-bond acceptors (Lipinski definition) is 4. The molecule has 120 valence electrons. The fourth-order valence-corrected chi connectivity index (χ4v) is 3.37. The van der Waals surface area contributed by atoms with Gasteiger partial charge in [0.15, 0.2) is 0 Å². The van der Waals surface area contributed by atoms with E-state index in [2.05, 4.69) is 13.8 Å². The molecule has 1 aromatic rings. The lowest BCUT2D eigenvalue weighted by atomic mass is 10.3. The zero-order valence-electron chi connectivity index (χ0n) is 13.3. The molecule has 0 atom stereocenters. The van der Waals surface area contributed by atoms with E-state index in [0.717, 1.165) is 50.5 Å². The van der Waals surface area contributed by atoms with Crippen molar-refractivity contribution in [2.45, 2.75) is 45.1 Å². The van der Waals surface area contributed by atoms with Crippen molar-refractivity contribution in [1.82, 2.24) is 0 Å². The summed E-state index contributed by atoms with van der Waals surface area (Å²) in [5.74, 6) is 0.952. The van der Waals surface area contributed by atoms with Gasteiger partial charge in [-0.3, -0.25) is 0 Å². The van der Waals surface area contributed by atoms with Crippen LogP contribution in [0.25, 0.3) is 0 Å². The highest BCUT2D eigenvalue weighted by molar-refractivity contribution is 6.36. The summed E-state index contributed by atoms with van der Waals surface area (Å²) in [4.78, 5) is 0. The highest BCUT2D eigenvalue weighted by atomic mass is 28.2. The van der Waals surface area contributed by atoms with Gasteiger partial charge in [0.2, 0.25) is 0 Å². The van der Waals surface area contributed by atoms with Gasteiger partial charge < -0.3 is 19.9 Å². The molecule has 5 heteroatoms. The number of nitrogens with two attached hydrogens (primary N) is 1. The Kier molecular flexibility index (Phi) is 9.95. The van der Waals surface area contributed by atoms with Crippen LogP contribution < -0.4 is 10.5 Å². The van der Waals surface area contributed by atoms with Crippen LogP contribution in [0.2, 0.25) is 6.04 Å². The molecule has 0 aromatic heterocycles. The van der Waals surface area contributed by atoms with E-state index in [0.29, 0.717) is 0 Å². The molecular formula is C16H29NO3Si. The molecular weight excluding hydrogens is 282 g/mol. The van der Waals surface area contributed by atoms with Crippen molar-refractivity contribution in [3.8, 4) is 5.75 Å². The lowest BCUT2D eigenvalue weighted by Crippen LogP contribution is -2.25. The normalized spacial score (nSPS) is 11.6. The van der Waals surface area contributed by atoms with E-state index in [9.17, 15) is 0 Å². The minimum Gasteiger partial charge on any atom is -0.494 e. The molecule has 0 aliphatic heterocycles. The Morgan fingerprint density at radius 3 is 2.19 bits per heavy atom. The topological polar surface area (TPSA) is 53.7 Å². The van der Waals surface area contributed by atoms with Gasteiger partial charge in [-0.25, -0.2) is 0 Å². The van der Waals surface area contributed by atoms with Crippen molar-refractivity contribution in [1.29, 1.82) is 0 Å². The van der Waals surface area contributed by atoms with Gasteiger partial charge in [-0.2, -0.15) is 0 Å². The predicted molar refractivity (Wildman–Crippen MR) is 90.6 cm³/mol. The van der Waals surface area contributed by atoms with Crippen molar-refractivity contribution in [2.75, 3.05) is 25.6 Å². The van der Waals surface area contributed by atoms with Crippen LogP contribution in [0.4, 0.5) is 5.69 Å². The predicted octanol–water partition coefficient (Wildman–Crippen LogP) is 2.76. The maximum Gasteiger partial charge on any atom is 0.134 e. The van der Waals surface area contributed by atoms with E-state index in [1.807, 2.05) is 24.3 Å². The Bertz CT molecular complexity index is 351. The Morgan fingerprint density at radius 2 is 1.62 bits per heavy atom. The molecule has 0 amide bonds. The van der Waals surface area contributed by atoms with E-state index in [-0.39, 0.29) is 15.4 Å². The summed E-state index contributed by atoms with van der Waals surface area (Å²) >= 11 is 0. The third kappa shape index (κ3) is 8.75. The molecule has 21 heavy (non-hydrogen) atoms. The summed E-state index contributed by atoms with van der Waals surface area (Å²) < 4.78 is 17.2. The molecule has 4 nitrogen and oxygen atoms in total. The summed E-state index contributed by atoms with van der Waals surface area (Å²) in [6.45, 7) is 6.58. The first-order valence-corrected chi connectivity index (χ1v) is 9.79. The van der Waals surface area contributed by atoms with Crippen molar-refractivity contribution < 1.29 is 14.2 Å². The number of benzene rings is 1. The first-order valence-electron chi connectivity index (χ1n) is 7.97. The highest BCUT2D eigenvalue weighted by Gasteiger charge is 2.09. The minimum atomic E-state index is -0.366. The standard InChI is InChI=1S/C16H29NO3Si/c1-3-10-19-16(20-11-4-2)21-13-5-12-18-15-8-6-14(17)7-9-15/h6-9,16H,3-5,10-13,17,21H2,1-2H3. The molecule has 0 aliphatic rings. The zero-order chi connectivity index (χ0) is 15.3. The van der Waals surface area contributed by atoms with Gasteiger partial charge in [0.1, 0.15) is 11.7 Å². The van der Waals surface area contributed by atoms with Crippen LogP contribution in [0.1, 0.15) is 33.1 Å². The number of ether oxygens (including phenoxy) is 3. The fourth-order valence-electron chi connectivity index (χ4n) is 1.88. The molecule has 1 aromatic carbocycles. The van der Waals surface area contributed by atoms with E-state index < -0.39 is 0 Å². The summed E-state index contributed by atoms with van der Waals surface area (Å²) in [6.07, 6.45) is 3.14. The third-order valence-electron chi connectivity index (χ3n) is 3.00. The number of anilines is 1. The fraction of sp³-hybridized carbons (Fsp3) is 0.625. The van der Waals surface area contributed by atoms with Gasteiger partial charge in [0.25, 0.3) is 0 Å².